The molecular formula is C14H15ClN2OS2. The molecule has 3 heterocycles. The Hall–Kier alpha value is -0.880. The van der Waals surface area contributed by atoms with Crippen molar-refractivity contribution in [1.29, 1.82) is 0 Å². The van der Waals surface area contributed by atoms with Crippen molar-refractivity contribution in [3.8, 4) is 0 Å². The van der Waals surface area contributed by atoms with E-state index in [4.69, 9.17) is 11.6 Å². The van der Waals surface area contributed by atoms with Gasteiger partial charge in [-0.05, 0) is 40.9 Å². The maximum atomic E-state index is 12.1. The molecule has 6 heteroatoms. The fraction of sp³-hybridized carbons (Fsp3) is 0.357. The van der Waals surface area contributed by atoms with E-state index in [-0.39, 0.29) is 11.9 Å². The van der Waals surface area contributed by atoms with Crippen LogP contribution in [-0.2, 0) is 0 Å². The van der Waals surface area contributed by atoms with Gasteiger partial charge < -0.3 is 5.32 Å². The highest BCUT2D eigenvalue weighted by Crippen LogP contribution is 2.27. The Morgan fingerprint density at radius 3 is 2.80 bits per heavy atom. The summed E-state index contributed by atoms with van der Waals surface area (Å²) < 4.78 is 0.646. The Balaban J connectivity index is 1.63. The van der Waals surface area contributed by atoms with Gasteiger partial charge in [0.25, 0.3) is 5.91 Å². The van der Waals surface area contributed by atoms with Gasteiger partial charge in [0.15, 0.2) is 0 Å². The van der Waals surface area contributed by atoms with E-state index in [1.807, 2.05) is 0 Å². The number of amides is 1. The molecule has 1 aliphatic heterocycles. The highest BCUT2D eigenvalue weighted by atomic mass is 35.5. The summed E-state index contributed by atoms with van der Waals surface area (Å²) in [5, 5.41) is 7.28. The van der Waals surface area contributed by atoms with Gasteiger partial charge in [-0.1, -0.05) is 11.6 Å². The molecule has 0 saturated carbocycles. The average Bonchev–Trinajstić information content (AvgIpc) is 3.02. The lowest BCUT2D eigenvalue weighted by atomic mass is 10.0. The Morgan fingerprint density at radius 1 is 1.40 bits per heavy atom. The number of carbonyl (C=O) groups is 1. The number of halogens is 1. The molecule has 2 aromatic rings. The largest absolute Gasteiger partial charge is 0.349 e. The van der Waals surface area contributed by atoms with Crippen LogP contribution in [-0.4, -0.2) is 30.4 Å². The highest BCUT2D eigenvalue weighted by molar-refractivity contribution is 7.18. The summed E-state index contributed by atoms with van der Waals surface area (Å²) in [6.45, 7) is 2.87. The summed E-state index contributed by atoms with van der Waals surface area (Å²) in [7, 11) is 0. The summed E-state index contributed by atoms with van der Waals surface area (Å²) in [4.78, 5) is 15.2. The van der Waals surface area contributed by atoms with Crippen LogP contribution in [0.15, 0.2) is 29.0 Å². The van der Waals surface area contributed by atoms with E-state index in [0.29, 0.717) is 15.8 Å². The number of thiophene rings is 2. The van der Waals surface area contributed by atoms with Gasteiger partial charge in [-0.2, -0.15) is 11.3 Å². The zero-order valence-electron chi connectivity index (χ0n) is 10.8. The first kappa shape index (κ1) is 14.1. The molecule has 3 nitrogen and oxygen atoms in total. The lowest BCUT2D eigenvalue weighted by Crippen LogP contribution is -2.44. The molecule has 2 aromatic heterocycles. The quantitative estimate of drug-likeness (QED) is 0.909. The number of hydrogen-bond donors (Lipinski definition) is 1. The van der Waals surface area contributed by atoms with Crippen LogP contribution in [0.2, 0.25) is 4.34 Å². The van der Waals surface area contributed by atoms with Crippen molar-refractivity contribution in [1.82, 2.24) is 10.2 Å². The summed E-state index contributed by atoms with van der Waals surface area (Å²) in [5.41, 5.74) is 1.29. The van der Waals surface area contributed by atoms with Gasteiger partial charge in [0, 0.05) is 19.6 Å². The zero-order valence-corrected chi connectivity index (χ0v) is 13.2. The number of rotatable bonds is 5. The summed E-state index contributed by atoms with van der Waals surface area (Å²) in [6.07, 6.45) is 1.25. The maximum absolute atomic E-state index is 12.1. The zero-order chi connectivity index (χ0) is 13.9. The third-order valence-electron chi connectivity index (χ3n) is 3.51. The molecule has 0 radical (unpaired) electrons. The van der Waals surface area contributed by atoms with Crippen LogP contribution in [0.5, 0.6) is 0 Å². The van der Waals surface area contributed by atoms with Gasteiger partial charge in [-0.3, -0.25) is 9.69 Å². The van der Waals surface area contributed by atoms with Crippen molar-refractivity contribution in [2.24, 2.45) is 0 Å². The molecular weight excluding hydrogens is 312 g/mol. The molecule has 3 rings (SSSR count). The van der Waals surface area contributed by atoms with Gasteiger partial charge in [0.05, 0.1) is 15.3 Å². The molecule has 20 heavy (non-hydrogen) atoms. The van der Waals surface area contributed by atoms with E-state index in [0.717, 1.165) is 13.1 Å². The Labute approximate surface area is 131 Å². The van der Waals surface area contributed by atoms with E-state index in [2.05, 4.69) is 27.0 Å². The van der Waals surface area contributed by atoms with E-state index in [1.165, 1.54) is 23.3 Å². The van der Waals surface area contributed by atoms with Crippen molar-refractivity contribution in [3.05, 3.63) is 43.7 Å². The molecule has 1 saturated heterocycles. The normalized spacial score (nSPS) is 16.6. The predicted molar refractivity (Wildman–Crippen MR) is 84.9 cm³/mol. The lowest BCUT2D eigenvalue weighted by Gasteiger charge is -2.38. The van der Waals surface area contributed by atoms with Crippen LogP contribution in [0.1, 0.15) is 27.7 Å². The molecule has 1 amide bonds. The summed E-state index contributed by atoms with van der Waals surface area (Å²) >= 11 is 8.88. The number of nitrogens with one attached hydrogen (secondary N) is 1. The molecule has 1 N–H and O–H groups in total. The number of nitrogens with zero attached hydrogens (tertiary/aromatic N) is 1. The third-order valence-corrected chi connectivity index (χ3v) is 5.44. The fourth-order valence-corrected chi connectivity index (χ4v) is 3.95. The topological polar surface area (TPSA) is 32.3 Å². The second kappa shape index (κ2) is 6.26. The highest BCUT2D eigenvalue weighted by Gasteiger charge is 2.26. The number of carbonyl (C=O) groups excluding carboxylic acids is 1. The minimum atomic E-state index is -0.0392. The van der Waals surface area contributed by atoms with Crippen LogP contribution in [0, 0.1) is 0 Å². The van der Waals surface area contributed by atoms with Crippen molar-refractivity contribution in [2.75, 3.05) is 19.6 Å². The van der Waals surface area contributed by atoms with Crippen LogP contribution < -0.4 is 5.32 Å². The monoisotopic (exact) mass is 326 g/mol. The third kappa shape index (κ3) is 3.06. The first-order chi connectivity index (χ1) is 9.74. The van der Waals surface area contributed by atoms with Crippen LogP contribution in [0.4, 0.5) is 0 Å². The lowest BCUT2D eigenvalue weighted by molar-refractivity contribution is 0.0889. The van der Waals surface area contributed by atoms with Gasteiger partial charge in [-0.15, -0.1) is 11.3 Å². The molecule has 1 unspecified atom stereocenters. The summed E-state index contributed by atoms with van der Waals surface area (Å²) in [6, 6.07) is 5.95. The fourth-order valence-electron chi connectivity index (χ4n) is 2.29. The molecule has 0 aromatic carbocycles. The Bertz CT molecular complexity index is 578. The minimum absolute atomic E-state index is 0.0392. The van der Waals surface area contributed by atoms with Crippen molar-refractivity contribution in [3.63, 3.8) is 0 Å². The second-order valence-electron chi connectivity index (χ2n) is 4.78. The first-order valence-electron chi connectivity index (χ1n) is 6.54. The SMILES string of the molecule is O=C(NCC(c1ccsc1)N1CCC1)c1ccc(Cl)s1. The standard InChI is InChI=1S/C14H15ClN2OS2/c15-13-3-2-12(20-13)14(18)16-8-11(17-5-1-6-17)10-4-7-19-9-10/h2-4,7,9,11H,1,5-6,8H2,(H,16,18). The van der Waals surface area contributed by atoms with E-state index in [9.17, 15) is 4.79 Å². The van der Waals surface area contributed by atoms with Gasteiger partial charge >= 0.3 is 0 Å². The molecule has 106 valence electrons. The summed E-state index contributed by atoms with van der Waals surface area (Å²) in [5.74, 6) is -0.0392. The van der Waals surface area contributed by atoms with E-state index < -0.39 is 0 Å². The van der Waals surface area contributed by atoms with Crippen LogP contribution in [0.3, 0.4) is 0 Å². The van der Waals surface area contributed by atoms with Crippen molar-refractivity contribution in [2.45, 2.75) is 12.5 Å². The average molecular weight is 327 g/mol. The minimum Gasteiger partial charge on any atom is -0.349 e. The van der Waals surface area contributed by atoms with Crippen molar-refractivity contribution < 1.29 is 4.79 Å². The van der Waals surface area contributed by atoms with E-state index in [1.54, 1.807) is 23.5 Å². The number of hydrogen-bond acceptors (Lipinski definition) is 4. The Morgan fingerprint density at radius 2 is 2.25 bits per heavy atom. The predicted octanol–water partition coefficient (Wildman–Crippen LogP) is 3.64. The van der Waals surface area contributed by atoms with Gasteiger partial charge in [0.1, 0.15) is 0 Å². The smallest absolute Gasteiger partial charge is 0.261 e. The first-order valence-corrected chi connectivity index (χ1v) is 8.67. The molecule has 1 atom stereocenters. The second-order valence-corrected chi connectivity index (χ2v) is 7.27. The molecule has 1 fully saturated rings. The van der Waals surface area contributed by atoms with Crippen LogP contribution in [0.25, 0.3) is 0 Å². The van der Waals surface area contributed by atoms with Gasteiger partial charge in [-0.25, -0.2) is 0 Å². The molecule has 0 aliphatic carbocycles. The van der Waals surface area contributed by atoms with Crippen LogP contribution >= 0.6 is 34.3 Å². The van der Waals surface area contributed by atoms with Gasteiger partial charge in [0.2, 0.25) is 0 Å². The molecule has 0 bridgehead atoms. The van der Waals surface area contributed by atoms with Crippen molar-refractivity contribution >= 4 is 40.2 Å². The maximum Gasteiger partial charge on any atom is 0.261 e. The Kier molecular flexibility index (Phi) is 4.41. The molecule has 1 aliphatic rings. The number of likely N-dealkylation sites (tertiary alicyclic amines) is 1. The molecule has 0 spiro atoms. The van der Waals surface area contributed by atoms with E-state index >= 15 is 0 Å².